The van der Waals surface area contributed by atoms with E-state index in [0.717, 1.165) is 31.9 Å². The molecule has 0 saturated heterocycles. The fourth-order valence-electron chi connectivity index (χ4n) is 2.56. The zero-order valence-electron chi connectivity index (χ0n) is 13.4. The first-order chi connectivity index (χ1) is 11.1. The van der Waals surface area contributed by atoms with Crippen molar-refractivity contribution >= 4 is 27.5 Å². The number of methoxy groups -OCH3 is 1. The van der Waals surface area contributed by atoms with Crippen LogP contribution >= 0.6 is 11.3 Å². The second kappa shape index (κ2) is 6.38. The summed E-state index contributed by atoms with van der Waals surface area (Å²) in [5, 5.41) is 0. The molecule has 23 heavy (non-hydrogen) atoms. The number of aryl methyl sites for hydroxylation is 2. The topological polar surface area (TPSA) is 43.6 Å². The van der Waals surface area contributed by atoms with Gasteiger partial charge in [-0.2, -0.15) is 4.99 Å². The SMILES string of the molecule is COc1ccc(CC(=O)N=c2sc3ccccc3n2C)cc1C. The van der Waals surface area contributed by atoms with Crippen LogP contribution in [0.1, 0.15) is 11.1 Å². The van der Waals surface area contributed by atoms with Gasteiger partial charge >= 0.3 is 0 Å². The van der Waals surface area contributed by atoms with Crippen molar-refractivity contribution in [1.29, 1.82) is 0 Å². The van der Waals surface area contributed by atoms with Crippen molar-refractivity contribution in [2.24, 2.45) is 12.0 Å². The van der Waals surface area contributed by atoms with E-state index in [1.165, 1.54) is 11.3 Å². The second-order valence-corrected chi connectivity index (χ2v) is 6.41. The Morgan fingerprint density at radius 3 is 2.74 bits per heavy atom. The number of thiazole rings is 1. The molecule has 0 aliphatic heterocycles. The van der Waals surface area contributed by atoms with Gasteiger partial charge < -0.3 is 9.30 Å². The van der Waals surface area contributed by atoms with Crippen LogP contribution in [0.25, 0.3) is 10.2 Å². The van der Waals surface area contributed by atoms with Crippen molar-refractivity contribution in [3.8, 4) is 5.75 Å². The normalized spacial score (nSPS) is 11.9. The number of ether oxygens (including phenoxy) is 1. The Balaban J connectivity index is 1.88. The lowest BCUT2D eigenvalue weighted by Gasteiger charge is -2.05. The van der Waals surface area contributed by atoms with Crippen LogP contribution in [-0.2, 0) is 18.3 Å². The maximum atomic E-state index is 12.3. The number of amides is 1. The third-order valence-electron chi connectivity index (χ3n) is 3.75. The molecular weight excluding hydrogens is 308 g/mol. The lowest BCUT2D eigenvalue weighted by molar-refractivity contribution is -0.117. The van der Waals surface area contributed by atoms with Crippen LogP contribution < -0.4 is 9.54 Å². The van der Waals surface area contributed by atoms with Crippen LogP contribution in [0, 0.1) is 6.92 Å². The average molecular weight is 326 g/mol. The molecule has 0 saturated carbocycles. The molecule has 3 aromatic rings. The maximum absolute atomic E-state index is 12.3. The van der Waals surface area contributed by atoms with Crippen molar-refractivity contribution in [1.82, 2.24) is 4.57 Å². The molecule has 5 heteroatoms. The molecule has 2 aromatic carbocycles. The van der Waals surface area contributed by atoms with Crippen molar-refractivity contribution in [2.45, 2.75) is 13.3 Å². The van der Waals surface area contributed by atoms with Gasteiger partial charge in [0.25, 0.3) is 5.91 Å². The third-order valence-corrected chi connectivity index (χ3v) is 4.86. The summed E-state index contributed by atoms with van der Waals surface area (Å²) in [6, 6.07) is 13.8. The number of carbonyl (C=O) groups is 1. The Labute approximate surface area is 138 Å². The van der Waals surface area contributed by atoms with E-state index in [1.807, 2.05) is 61.0 Å². The van der Waals surface area contributed by atoms with E-state index in [4.69, 9.17) is 4.74 Å². The van der Waals surface area contributed by atoms with Gasteiger partial charge in [0.2, 0.25) is 0 Å². The van der Waals surface area contributed by atoms with E-state index in [0.29, 0.717) is 6.42 Å². The standard InChI is InChI=1S/C18H18N2O2S/c1-12-10-13(8-9-15(12)22-3)11-17(21)19-18-20(2)14-6-4-5-7-16(14)23-18/h4-10H,11H2,1-3H3. The average Bonchev–Trinajstić information content (AvgIpc) is 2.84. The van der Waals surface area contributed by atoms with Crippen molar-refractivity contribution in [2.75, 3.05) is 7.11 Å². The molecular formula is C18H18N2O2S. The lowest BCUT2D eigenvalue weighted by Crippen LogP contribution is -2.14. The zero-order chi connectivity index (χ0) is 16.4. The number of rotatable bonds is 3. The van der Waals surface area contributed by atoms with Crippen molar-refractivity contribution in [3.05, 3.63) is 58.4 Å². The minimum atomic E-state index is -0.142. The van der Waals surface area contributed by atoms with Crippen LogP contribution in [0.3, 0.4) is 0 Å². The van der Waals surface area contributed by atoms with Gasteiger partial charge in [-0.25, -0.2) is 0 Å². The molecule has 0 unspecified atom stereocenters. The van der Waals surface area contributed by atoms with Crippen LogP contribution in [0.5, 0.6) is 5.75 Å². The molecule has 0 radical (unpaired) electrons. The molecule has 0 spiro atoms. The summed E-state index contributed by atoms with van der Waals surface area (Å²) in [5.41, 5.74) is 3.05. The zero-order valence-corrected chi connectivity index (χ0v) is 14.2. The fraction of sp³-hybridized carbons (Fsp3) is 0.222. The van der Waals surface area contributed by atoms with E-state index in [-0.39, 0.29) is 5.91 Å². The number of hydrogen-bond acceptors (Lipinski definition) is 3. The number of carbonyl (C=O) groups excluding carboxylic acids is 1. The predicted molar refractivity (Wildman–Crippen MR) is 92.8 cm³/mol. The predicted octanol–water partition coefficient (Wildman–Crippen LogP) is 3.23. The smallest absolute Gasteiger partial charge is 0.252 e. The molecule has 0 fully saturated rings. The summed E-state index contributed by atoms with van der Waals surface area (Å²) in [4.78, 5) is 17.3. The summed E-state index contributed by atoms with van der Waals surface area (Å²) >= 11 is 1.53. The summed E-state index contributed by atoms with van der Waals surface area (Å²) in [6.45, 7) is 1.97. The van der Waals surface area contributed by atoms with Gasteiger partial charge in [0.05, 0.1) is 23.7 Å². The quantitative estimate of drug-likeness (QED) is 0.742. The second-order valence-electron chi connectivity index (χ2n) is 5.40. The highest BCUT2D eigenvalue weighted by Gasteiger charge is 2.07. The highest BCUT2D eigenvalue weighted by atomic mass is 32.1. The Kier molecular flexibility index (Phi) is 4.30. The highest BCUT2D eigenvalue weighted by molar-refractivity contribution is 7.16. The lowest BCUT2D eigenvalue weighted by atomic mass is 10.1. The van der Waals surface area contributed by atoms with Gasteiger partial charge in [0, 0.05) is 7.05 Å². The number of aromatic nitrogens is 1. The minimum Gasteiger partial charge on any atom is -0.496 e. The maximum Gasteiger partial charge on any atom is 0.252 e. The number of fused-ring (bicyclic) bond motifs is 1. The van der Waals surface area contributed by atoms with Crippen LogP contribution in [0.2, 0.25) is 0 Å². The first kappa shape index (κ1) is 15.5. The fourth-order valence-corrected chi connectivity index (χ4v) is 3.60. The van der Waals surface area contributed by atoms with Gasteiger partial charge in [-0.1, -0.05) is 35.6 Å². The molecule has 1 heterocycles. The first-order valence-electron chi connectivity index (χ1n) is 7.34. The van der Waals surface area contributed by atoms with Crippen LogP contribution in [0.4, 0.5) is 0 Å². The third kappa shape index (κ3) is 3.19. The van der Waals surface area contributed by atoms with Gasteiger partial charge in [-0.3, -0.25) is 4.79 Å². The van der Waals surface area contributed by atoms with E-state index >= 15 is 0 Å². The van der Waals surface area contributed by atoms with Crippen molar-refractivity contribution < 1.29 is 9.53 Å². The van der Waals surface area contributed by atoms with E-state index in [1.54, 1.807) is 7.11 Å². The van der Waals surface area contributed by atoms with Crippen LogP contribution in [-0.4, -0.2) is 17.6 Å². The monoisotopic (exact) mass is 326 g/mol. The highest BCUT2D eigenvalue weighted by Crippen LogP contribution is 2.19. The summed E-state index contributed by atoms with van der Waals surface area (Å²) in [5.74, 6) is 0.686. The first-order valence-corrected chi connectivity index (χ1v) is 8.16. The van der Waals surface area contributed by atoms with Gasteiger partial charge in [-0.05, 0) is 36.2 Å². The molecule has 0 aliphatic rings. The van der Waals surface area contributed by atoms with Crippen molar-refractivity contribution in [3.63, 3.8) is 0 Å². The van der Waals surface area contributed by atoms with Gasteiger partial charge in [-0.15, -0.1) is 0 Å². The Hall–Kier alpha value is -2.40. The molecule has 0 aliphatic carbocycles. The molecule has 0 N–H and O–H groups in total. The molecule has 0 atom stereocenters. The number of nitrogens with zero attached hydrogens (tertiary/aromatic N) is 2. The molecule has 1 aromatic heterocycles. The van der Waals surface area contributed by atoms with Crippen LogP contribution in [0.15, 0.2) is 47.5 Å². The summed E-state index contributed by atoms with van der Waals surface area (Å²) in [6.07, 6.45) is 0.291. The van der Waals surface area contributed by atoms with E-state index < -0.39 is 0 Å². The number of benzene rings is 2. The Morgan fingerprint density at radius 1 is 1.26 bits per heavy atom. The molecule has 4 nitrogen and oxygen atoms in total. The number of hydrogen-bond donors (Lipinski definition) is 0. The minimum absolute atomic E-state index is 0.142. The Morgan fingerprint density at radius 2 is 2.04 bits per heavy atom. The largest absolute Gasteiger partial charge is 0.496 e. The Bertz CT molecular complexity index is 938. The van der Waals surface area contributed by atoms with E-state index in [9.17, 15) is 4.79 Å². The summed E-state index contributed by atoms with van der Waals surface area (Å²) in [7, 11) is 3.58. The summed E-state index contributed by atoms with van der Waals surface area (Å²) < 4.78 is 8.32. The van der Waals surface area contributed by atoms with Gasteiger partial charge in [0.1, 0.15) is 5.75 Å². The van der Waals surface area contributed by atoms with E-state index in [2.05, 4.69) is 4.99 Å². The molecule has 0 bridgehead atoms. The van der Waals surface area contributed by atoms with Gasteiger partial charge in [0.15, 0.2) is 4.80 Å². The molecule has 118 valence electrons. The molecule has 1 amide bonds. The molecule has 3 rings (SSSR count). The number of para-hydroxylation sites is 1.